The summed E-state index contributed by atoms with van der Waals surface area (Å²) in [5.41, 5.74) is 5.36. The lowest BCUT2D eigenvalue weighted by atomic mass is 10.0. The molecule has 3 N–H and O–H groups in total. The second-order valence-electron chi connectivity index (χ2n) is 16.3. The van der Waals surface area contributed by atoms with Crippen molar-refractivity contribution in [1.29, 1.82) is 0 Å². The number of carbonyl (C=O) groups excluding carboxylic acids is 2. The van der Waals surface area contributed by atoms with Gasteiger partial charge >= 0.3 is 19.8 Å². The zero-order valence-corrected chi connectivity index (χ0v) is 40.5. The average Bonchev–Trinajstić information content (AvgIpc) is 3.26. The predicted octanol–water partition coefficient (Wildman–Crippen LogP) is 15.0. The molecular weight excluding hydrogens is 798 g/mol. The van der Waals surface area contributed by atoms with Gasteiger partial charge in [-0.2, -0.15) is 0 Å². The van der Waals surface area contributed by atoms with Crippen LogP contribution in [0.25, 0.3) is 0 Å². The van der Waals surface area contributed by atoms with Crippen molar-refractivity contribution in [3.8, 4) is 0 Å². The minimum atomic E-state index is -4.38. The average molecular weight is 890 g/mol. The van der Waals surface area contributed by atoms with E-state index in [1.807, 2.05) is 0 Å². The first-order valence-electron chi connectivity index (χ1n) is 24.9. The normalized spacial score (nSPS) is 13.8. The molecule has 10 heteroatoms. The van der Waals surface area contributed by atoms with E-state index in [4.69, 9.17) is 24.3 Å². The van der Waals surface area contributed by atoms with Crippen LogP contribution in [0.3, 0.4) is 0 Å². The van der Waals surface area contributed by atoms with E-state index in [9.17, 15) is 19.0 Å². The van der Waals surface area contributed by atoms with Crippen molar-refractivity contribution in [2.75, 3.05) is 26.4 Å². The smallest absolute Gasteiger partial charge is 0.462 e. The summed E-state index contributed by atoms with van der Waals surface area (Å²) in [5, 5.41) is 0. The minimum absolute atomic E-state index is 0.0499. The highest BCUT2D eigenvalue weighted by Gasteiger charge is 2.26. The number of nitrogens with two attached hydrogens (primary N) is 1. The maximum atomic E-state index is 12.6. The van der Waals surface area contributed by atoms with Gasteiger partial charge in [0.05, 0.1) is 13.2 Å². The van der Waals surface area contributed by atoms with E-state index in [1.165, 1.54) is 96.3 Å². The molecule has 0 saturated heterocycles. The summed E-state index contributed by atoms with van der Waals surface area (Å²) >= 11 is 0. The first-order chi connectivity index (χ1) is 30.3. The Morgan fingerprint density at radius 1 is 0.500 bits per heavy atom. The van der Waals surface area contributed by atoms with Crippen LogP contribution in [0.1, 0.15) is 213 Å². The topological polar surface area (TPSA) is 134 Å². The van der Waals surface area contributed by atoms with Gasteiger partial charge in [0, 0.05) is 19.4 Å². The highest BCUT2D eigenvalue weighted by atomic mass is 31.2. The molecule has 0 fully saturated rings. The number of hydrogen-bond acceptors (Lipinski definition) is 8. The summed E-state index contributed by atoms with van der Waals surface area (Å²) < 4.78 is 32.9. The van der Waals surface area contributed by atoms with E-state index in [1.54, 1.807) is 0 Å². The fourth-order valence-electron chi connectivity index (χ4n) is 6.70. The SMILES string of the molecule is CC/C=C\C/C=C\C/C=C\C/C=C\C/C=C\C/C=C\CCCCCCCCCCC(=O)OC(COC(=O)CCCCCCCCCCCCCCCC)COP(=O)(O)OCCN. The molecule has 0 saturated carbocycles. The fourth-order valence-corrected chi connectivity index (χ4v) is 7.46. The van der Waals surface area contributed by atoms with Gasteiger partial charge in [0.25, 0.3) is 0 Å². The number of phosphoric acid groups is 1. The Kier molecular flexibility index (Phi) is 45.9. The summed E-state index contributed by atoms with van der Waals surface area (Å²) in [6, 6.07) is 0. The van der Waals surface area contributed by atoms with Gasteiger partial charge in [0.1, 0.15) is 6.61 Å². The van der Waals surface area contributed by atoms with Crippen LogP contribution >= 0.6 is 7.82 Å². The van der Waals surface area contributed by atoms with Crippen molar-refractivity contribution in [3.63, 3.8) is 0 Å². The monoisotopic (exact) mass is 890 g/mol. The van der Waals surface area contributed by atoms with E-state index in [2.05, 4.69) is 86.8 Å². The number of ether oxygens (including phenoxy) is 2. The summed E-state index contributed by atoms with van der Waals surface area (Å²) in [4.78, 5) is 35.0. The van der Waals surface area contributed by atoms with Crippen molar-refractivity contribution >= 4 is 19.8 Å². The van der Waals surface area contributed by atoms with Gasteiger partial charge in [-0.1, -0.05) is 209 Å². The summed E-state index contributed by atoms with van der Waals surface area (Å²) in [7, 11) is -4.38. The first-order valence-corrected chi connectivity index (χ1v) is 26.4. The molecule has 0 amide bonds. The second kappa shape index (κ2) is 47.9. The van der Waals surface area contributed by atoms with Crippen LogP contribution in [0, 0.1) is 0 Å². The summed E-state index contributed by atoms with van der Waals surface area (Å²) in [5.74, 6) is -0.836. The van der Waals surface area contributed by atoms with Crippen molar-refractivity contribution in [2.24, 2.45) is 5.73 Å². The van der Waals surface area contributed by atoms with E-state index in [0.29, 0.717) is 6.42 Å². The molecule has 9 nitrogen and oxygen atoms in total. The molecule has 0 aromatic heterocycles. The Morgan fingerprint density at radius 2 is 0.887 bits per heavy atom. The number of carbonyl (C=O) groups is 2. The third-order valence-electron chi connectivity index (χ3n) is 10.4. The van der Waals surface area contributed by atoms with Gasteiger partial charge in [-0.15, -0.1) is 0 Å². The predicted molar refractivity (Wildman–Crippen MR) is 261 cm³/mol. The molecule has 358 valence electrons. The van der Waals surface area contributed by atoms with Crippen LogP contribution < -0.4 is 5.73 Å². The highest BCUT2D eigenvalue weighted by molar-refractivity contribution is 7.47. The number of hydrogen-bond donors (Lipinski definition) is 2. The lowest BCUT2D eigenvalue weighted by molar-refractivity contribution is -0.161. The van der Waals surface area contributed by atoms with E-state index in [-0.39, 0.29) is 38.6 Å². The van der Waals surface area contributed by atoms with Gasteiger partial charge in [-0.05, 0) is 64.2 Å². The molecule has 0 spiro atoms. The molecule has 0 bridgehead atoms. The number of esters is 2. The van der Waals surface area contributed by atoms with Crippen LogP contribution in [0.15, 0.2) is 72.9 Å². The molecule has 0 aromatic rings. The maximum Gasteiger partial charge on any atom is 0.472 e. The Morgan fingerprint density at radius 3 is 1.32 bits per heavy atom. The molecule has 0 rings (SSSR count). The first kappa shape index (κ1) is 59.5. The van der Waals surface area contributed by atoms with Gasteiger partial charge in [0.2, 0.25) is 0 Å². The molecule has 0 aliphatic heterocycles. The Labute approximate surface area is 380 Å². The third kappa shape index (κ3) is 46.9. The number of phosphoric ester groups is 1. The highest BCUT2D eigenvalue weighted by Crippen LogP contribution is 2.43. The minimum Gasteiger partial charge on any atom is -0.462 e. The third-order valence-corrected chi connectivity index (χ3v) is 11.3. The van der Waals surface area contributed by atoms with Crippen LogP contribution in [-0.2, 0) is 32.7 Å². The quantitative estimate of drug-likeness (QED) is 0.0265. The van der Waals surface area contributed by atoms with Gasteiger partial charge in [-0.3, -0.25) is 18.6 Å². The fraction of sp³-hybridized carbons (Fsp3) is 0.731. The molecule has 0 radical (unpaired) electrons. The lowest BCUT2D eigenvalue weighted by Crippen LogP contribution is -2.29. The van der Waals surface area contributed by atoms with E-state index >= 15 is 0 Å². The van der Waals surface area contributed by atoms with Crippen LogP contribution in [0.4, 0.5) is 0 Å². The van der Waals surface area contributed by atoms with Crippen molar-refractivity contribution in [2.45, 2.75) is 219 Å². The maximum absolute atomic E-state index is 12.6. The van der Waals surface area contributed by atoms with Crippen molar-refractivity contribution < 1.29 is 37.6 Å². The van der Waals surface area contributed by atoms with Crippen LogP contribution in [-0.4, -0.2) is 49.3 Å². The van der Waals surface area contributed by atoms with Gasteiger partial charge in [0.15, 0.2) is 6.10 Å². The molecule has 0 aliphatic rings. The van der Waals surface area contributed by atoms with E-state index in [0.717, 1.165) is 83.5 Å². The number of rotatable bonds is 46. The zero-order valence-electron chi connectivity index (χ0n) is 39.6. The zero-order chi connectivity index (χ0) is 45.3. The standard InChI is InChI=1S/C52H92NO8P/c1-3-5-7-9-11-13-15-17-19-20-21-22-23-24-25-26-27-28-29-30-31-33-35-37-39-41-43-45-52(55)61-50(49-60-62(56,57)59-47-46-53)48-58-51(54)44-42-40-38-36-34-32-18-16-14-12-10-8-6-4-2/h5,7,11,13,17,19,21-22,24-25,27-28,50H,3-4,6,8-10,12,14-16,18,20,23,26,29-49,53H2,1-2H3,(H,56,57)/b7-5-,13-11-,19-17-,22-21-,25-24-,28-27-. The summed E-state index contributed by atoms with van der Waals surface area (Å²) in [6.07, 6.45) is 59.3. The van der Waals surface area contributed by atoms with Gasteiger partial charge < -0.3 is 20.1 Å². The molecule has 2 atom stereocenters. The van der Waals surface area contributed by atoms with Gasteiger partial charge in [-0.25, -0.2) is 4.57 Å². The second-order valence-corrected chi connectivity index (χ2v) is 17.8. The number of allylic oxidation sites excluding steroid dienone is 12. The molecule has 0 heterocycles. The lowest BCUT2D eigenvalue weighted by Gasteiger charge is -2.19. The van der Waals surface area contributed by atoms with E-state index < -0.39 is 26.5 Å². The molecule has 0 aliphatic carbocycles. The number of unbranched alkanes of at least 4 members (excludes halogenated alkanes) is 21. The van der Waals surface area contributed by atoms with Crippen LogP contribution in [0.5, 0.6) is 0 Å². The molecule has 62 heavy (non-hydrogen) atoms. The van der Waals surface area contributed by atoms with Crippen molar-refractivity contribution in [1.82, 2.24) is 0 Å². The van der Waals surface area contributed by atoms with Crippen molar-refractivity contribution in [3.05, 3.63) is 72.9 Å². The Balaban J connectivity index is 4.07. The summed E-state index contributed by atoms with van der Waals surface area (Å²) in [6.45, 7) is 3.62. The molecular formula is C52H92NO8P. The Bertz CT molecular complexity index is 1240. The molecule has 0 aromatic carbocycles. The Hall–Kier alpha value is -2.55. The largest absolute Gasteiger partial charge is 0.472 e. The molecule has 2 unspecified atom stereocenters. The van der Waals surface area contributed by atoms with Crippen LogP contribution in [0.2, 0.25) is 0 Å².